The zero-order chi connectivity index (χ0) is 7.40. The second-order valence-corrected chi connectivity index (χ2v) is 3.36. The standard InChI is InChI=1S/C8H8Cl2/c9-8(10)6-7-4-2-1-3-5-7/h1-5,8H,6H2. The Morgan fingerprint density at radius 2 is 1.70 bits per heavy atom. The van der Waals surface area contributed by atoms with Gasteiger partial charge in [-0.05, 0) is 5.56 Å². The minimum atomic E-state index is -0.289. The summed E-state index contributed by atoms with van der Waals surface area (Å²) < 4.78 is 0. The molecule has 0 aliphatic rings. The molecule has 0 unspecified atom stereocenters. The van der Waals surface area contributed by atoms with Gasteiger partial charge in [0.05, 0.1) is 0 Å². The molecule has 0 spiro atoms. The number of rotatable bonds is 2. The van der Waals surface area contributed by atoms with Crippen molar-refractivity contribution in [3.8, 4) is 0 Å². The van der Waals surface area contributed by atoms with Crippen molar-refractivity contribution in [3.05, 3.63) is 35.9 Å². The maximum Gasteiger partial charge on any atom is 0.111 e. The molecule has 0 aliphatic heterocycles. The van der Waals surface area contributed by atoms with Crippen LogP contribution in [0.5, 0.6) is 0 Å². The van der Waals surface area contributed by atoms with Crippen molar-refractivity contribution in [2.24, 2.45) is 0 Å². The number of hydrogen-bond acceptors (Lipinski definition) is 0. The van der Waals surface area contributed by atoms with Crippen LogP contribution in [0.4, 0.5) is 0 Å². The van der Waals surface area contributed by atoms with E-state index in [2.05, 4.69) is 0 Å². The van der Waals surface area contributed by atoms with Crippen molar-refractivity contribution in [1.29, 1.82) is 0 Å². The van der Waals surface area contributed by atoms with Gasteiger partial charge in [0.15, 0.2) is 0 Å². The van der Waals surface area contributed by atoms with E-state index in [1.165, 1.54) is 5.56 Å². The Labute approximate surface area is 70.8 Å². The van der Waals surface area contributed by atoms with E-state index in [1.807, 2.05) is 30.3 Å². The van der Waals surface area contributed by atoms with E-state index in [0.717, 1.165) is 6.42 Å². The summed E-state index contributed by atoms with van der Waals surface area (Å²) in [6.45, 7) is 0. The van der Waals surface area contributed by atoms with Gasteiger partial charge in [0, 0.05) is 6.42 Å². The van der Waals surface area contributed by atoms with Gasteiger partial charge in [-0.2, -0.15) is 0 Å². The second-order valence-electron chi connectivity index (χ2n) is 2.08. The van der Waals surface area contributed by atoms with E-state index in [1.54, 1.807) is 0 Å². The molecule has 10 heavy (non-hydrogen) atoms. The molecule has 1 rings (SSSR count). The molecule has 0 atom stereocenters. The van der Waals surface area contributed by atoms with Crippen LogP contribution in [0, 0.1) is 0 Å². The minimum absolute atomic E-state index is 0.289. The molecule has 0 bridgehead atoms. The summed E-state index contributed by atoms with van der Waals surface area (Å²) in [5.41, 5.74) is 1.18. The van der Waals surface area contributed by atoms with Crippen LogP contribution in [-0.4, -0.2) is 4.84 Å². The average Bonchev–Trinajstić information content (AvgIpc) is 1.88. The lowest BCUT2D eigenvalue weighted by Gasteiger charge is -1.98. The van der Waals surface area contributed by atoms with Crippen molar-refractivity contribution in [2.75, 3.05) is 0 Å². The molecule has 54 valence electrons. The maximum atomic E-state index is 5.58. The molecule has 2 heteroatoms. The Morgan fingerprint density at radius 1 is 1.10 bits per heavy atom. The fourth-order valence-corrected chi connectivity index (χ4v) is 1.15. The summed E-state index contributed by atoms with van der Waals surface area (Å²) in [6.07, 6.45) is 0.726. The average molecular weight is 175 g/mol. The van der Waals surface area contributed by atoms with Gasteiger partial charge >= 0.3 is 0 Å². The molecule has 0 saturated carbocycles. The van der Waals surface area contributed by atoms with Gasteiger partial charge in [0.2, 0.25) is 0 Å². The molecule has 1 aromatic rings. The highest BCUT2D eigenvalue weighted by Gasteiger charge is 1.98. The van der Waals surface area contributed by atoms with Crippen LogP contribution in [0.25, 0.3) is 0 Å². The van der Waals surface area contributed by atoms with Crippen molar-refractivity contribution in [3.63, 3.8) is 0 Å². The summed E-state index contributed by atoms with van der Waals surface area (Å²) in [5, 5.41) is 0. The molecule has 0 heterocycles. The van der Waals surface area contributed by atoms with Gasteiger partial charge in [-0.3, -0.25) is 0 Å². The summed E-state index contributed by atoms with van der Waals surface area (Å²) in [5.74, 6) is 0. The Balaban J connectivity index is 2.59. The first kappa shape index (κ1) is 7.90. The lowest BCUT2D eigenvalue weighted by atomic mass is 10.2. The molecule has 0 radical (unpaired) electrons. The second kappa shape index (κ2) is 3.85. The predicted octanol–water partition coefficient (Wildman–Crippen LogP) is 3.03. The van der Waals surface area contributed by atoms with Crippen LogP contribution in [-0.2, 0) is 6.42 Å². The molecule has 0 N–H and O–H groups in total. The first-order valence-electron chi connectivity index (χ1n) is 3.11. The lowest BCUT2D eigenvalue weighted by Crippen LogP contribution is -1.92. The zero-order valence-electron chi connectivity index (χ0n) is 5.43. The zero-order valence-corrected chi connectivity index (χ0v) is 6.94. The van der Waals surface area contributed by atoms with Crippen LogP contribution >= 0.6 is 23.2 Å². The third-order valence-electron chi connectivity index (χ3n) is 1.23. The van der Waals surface area contributed by atoms with Crippen LogP contribution in [0.15, 0.2) is 30.3 Å². The highest BCUT2D eigenvalue weighted by Crippen LogP contribution is 2.10. The molecule has 0 saturated heterocycles. The van der Waals surface area contributed by atoms with Crippen molar-refractivity contribution < 1.29 is 0 Å². The largest absolute Gasteiger partial charge is 0.111 e. The monoisotopic (exact) mass is 174 g/mol. The fraction of sp³-hybridized carbons (Fsp3) is 0.250. The van der Waals surface area contributed by atoms with Crippen molar-refractivity contribution in [1.82, 2.24) is 0 Å². The number of hydrogen-bond donors (Lipinski definition) is 0. The normalized spacial score (nSPS) is 10.3. The molecule has 0 aliphatic carbocycles. The molecule has 0 nitrogen and oxygen atoms in total. The first-order valence-corrected chi connectivity index (χ1v) is 3.98. The van der Waals surface area contributed by atoms with Gasteiger partial charge in [0.25, 0.3) is 0 Å². The quantitative estimate of drug-likeness (QED) is 0.606. The molecule has 0 amide bonds. The van der Waals surface area contributed by atoms with Gasteiger partial charge in [0.1, 0.15) is 4.84 Å². The topological polar surface area (TPSA) is 0 Å². The molecular weight excluding hydrogens is 167 g/mol. The van der Waals surface area contributed by atoms with Crippen LogP contribution < -0.4 is 0 Å². The molecule has 0 aromatic heterocycles. The predicted molar refractivity (Wildman–Crippen MR) is 45.6 cm³/mol. The lowest BCUT2D eigenvalue weighted by molar-refractivity contribution is 1.09. The summed E-state index contributed by atoms with van der Waals surface area (Å²) in [7, 11) is 0. The van der Waals surface area contributed by atoms with Gasteiger partial charge in [-0.15, -0.1) is 23.2 Å². The molecule has 1 aromatic carbocycles. The van der Waals surface area contributed by atoms with Gasteiger partial charge < -0.3 is 0 Å². The highest BCUT2D eigenvalue weighted by atomic mass is 35.5. The van der Waals surface area contributed by atoms with E-state index in [0.29, 0.717) is 0 Å². The highest BCUT2D eigenvalue weighted by molar-refractivity contribution is 6.44. The van der Waals surface area contributed by atoms with E-state index in [4.69, 9.17) is 23.2 Å². The smallest absolute Gasteiger partial charge is 0.105 e. The Morgan fingerprint density at radius 3 is 2.20 bits per heavy atom. The third kappa shape index (κ3) is 2.59. The number of halogens is 2. The van der Waals surface area contributed by atoms with Crippen molar-refractivity contribution in [2.45, 2.75) is 11.3 Å². The molecule has 0 fully saturated rings. The summed E-state index contributed by atoms with van der Waals surface area (Å²) in [4.78, 5) is -0.289. The maximum absolute atomic E-state index is 5.58. The van der Waals surface area contributed by atoms with Crippen LogP contribution in [0.1, 0.15) is 5.56 Å². The summed E-state index contributed by atoms with van der Waals surface area (Å²) >= 11 is 11.2. The number of alkyl halides is 2. The first-order chi connectivity index (χ1) is 4.79. The third-order valence-corrected chi connectivity index (χ3v) is 1.54. The Hall–Kier alpha value is -0.200. The molecular formula is C8H8Cl2. The summed E-state index contributed by atoms with van der Waals surface area (Å²) in [6, 6.07) is 9.95. The van der Waals surface area contributed by atoms with Crippen LogP contribution in [0.3, 0.4) is 0 Å². The van der Waals surface area contributed by atoms with Gasteiger partial charge in [-0.25, -0.2) is 0 Å². The van der Waals surface area contributed by atoms with Crippen LogP contribution in [0.2, 0.25) is 0 Å². The van der Waals surface area contributed by atoms with E-state index >= 15 is 0 Å². The SMILES string of the molecule is ClC(Cl)Cc1ccccc1. The Bertz CT molecular complexity index is 182. The fourth-order valence-electron chi connectivity index (χ4n) is 0.792. The number of benzene rings is 1. The van der Waals surface area contributed by atoms with E-state index in [9.17, 15) is 0 Å². The van der Waals surface area contributed by atoms with E-state index in [-0.39, 0.29) is 4.84 Å². The van der Waals surface area contributed by atoms with E-state index < -0.39 is 0 Å². The van der Waals surface area contributed by atoms with Gasteiger partial charge in [-0.1, -0.05) is 30.3 Å². The Kier molecular flexibility index (Phi) is 3.04. The van der Waals surface area contributed by atoms with Crippen molar-refractivity contribution >= 4 is 23.2 Å². The minimum Gasteiger partial charge on any atom is -0.105 e.